The molecule has 1 aromatic heterocycles. The molecule has 0 atom stereocenters. The van der Waals surface area contributed by atoms with Gasteiger partial charge in [-0.25, -0.2) is 0 Å². The lowest BCUT2D eigenvalue weighted by molar-refractivity contribution is 0.0715. The van der Waals surface area contributed by atoms with Crippen molar-refractivity contribution < 1.29 is 19.1 Å². The van der Waals surface area contributed by atoms with Crippen molar-refractivity contribution >= 4 is 11.8 Å². The maximum atomic E-state index is 12.8. The van der Waals surface area contributed by atoms with Crippen LogP contribution in [0.4, 0.5) is 0 Å². The van der Waals surface area contributed by atoms with Crippen molar-refractivity contribution in [1.29, 1.82) is 0 Å². The molecule has 2 amide bonds. The van der Waals surface area contributed by atoms with E-state index < -0.39 is 0 Å². The van der Waals surface area contributed by atoms with Gasteiger partial charge in [0.25, 0.3) is 11.8 Å². The van der Waals surface area contributed by atoms with Gasteiger partial charge >= 0.3 is 0 Å². The van der Waals surface area contributed by atoms with E-state index >= 15 is 0 Å². The van der Waals surface area contributed by atoms with Crippen molar-refractivity contribution in [3.8, 4) is 11.5 Å². The van der Waals surface area contributed by atoms with Gasteiger partial charge in [0.05, 0.1) is 0 Å². The molecule has 0 radical (unpaired) electrons. The van der Waals surface area contributed by atoms with E-state index in [2.05, 4.69) is 4.98 Å². The second-order valence-corrected chi connectivity index (χ2v) is 6.22. The van der Waals surface area contributed by atoms with Crippen molar-refractivity contribution in [2.75, 3.05) is 33.0 Å². The Labute approximate surface area is 151 Å². The summed E-state index contributed by atoms with van der Waals surface area (Å²) in [6, 6.07) is 10.5. The number of fused-ring (bicyclic) bond motifs is 1. The van der Waals surface area contributed by atoms with E-state index in [0.29, 0.717) is 48.9 Å². The van der Waals surface area contributed by atoms with Crippen molar-refractivity contribution in [2.24, 2.45) is 0 Å². The first-order valence-corrected chi connectivity index (χ1v) is 8.61. The Morgan fingerprint density at radius 2 is 1.65 bits per heavy atom. The molecular weight excluding hydrogens is 334 g/mol. The quantitative estimate of drug-likeness (QED) is 0.823. The molecule has 0 N–H and O–H groups in total. The topological polar surface area (TPSA) is 72.0 Å². The Hall–Kier alpha value is -3.09. The fourth-order valence-electron chi connectivity index (χ4n) is 3.19. The number of nitrogens with zero attached hydrogens (tertiary/aromatic N) is 3. The normalized spacial score (nSPS) is 16.3. The average Bonchev–Trinajstić information content (AvgIpc) is 3.02. The van der Waals surface area contributed by atoms with Crippen molar-refractivity contribution in [3.05, 3.63) is 53.9 Å². The molecule has 1 saturated heterocycles. The Balaban J connectivity index is 1.43. The minimum Gasteiger partial charge on any atom is -0.454 e. The van der Waals surface area contributed by atoms with Gasteiger partial charge in [-0.05, 0) is 36.8 Å². The van der Waals surface area contributed by atoms with Crippen LogP contribution in [-0.4, -0.2) is 59.6 Å². The summed E-state index contributed by atoms with van der Waals surface area (Å²) in [5, 5.41) is 0. The number of benzene rings is 1. The predicted octanol–water partition coefficient (Wildman–Crippen LogP) is 1.80. The van der Waals surface area contributed by atoms with E-state index in [0.717, 1.165) is 6.42 Å². The first-order valence-electron chi connectivity index (χ1n) is 8.61. The van der Waals surface area contributed by atoms with E-state index in [-0.39, 0.29) is 18.6 Å². The highest BCUT2D eigenvalue weighted by molar-refractivity contribution is 5.95. The SMILES string of the molecule is O=C(c1ccc2c(c1)OCO2)N1CCCN(C(=O)c2ccccn2)CC1. The number of pyridine rings is 1. The van der Waals surface area contributed by atoms with Gasteiger partial charge in [-0.15, -0.1) is 0 Å². The van der Waals surface area contributed by atoms with Gasteiger partial charge in [0.2, 0.25) is 6.79 Å². The summed E-state index contributed by atoms with van der Waals surface area (Å²) < 4.78 is 10.6. The minimum absolute atomic E-state index is 0.0598. The third kappa shape index (κ3) is 3.20. The van der Waals surface area contributed by atoms with Crippen LogP contribution < -0.4 is 9.47 Å². The number of ether oxygens (including phenoxy) is 2. The van der Waals surface area contributed by atoms with E-state index in [9.17, 15) is 9.59 Å². The molecule has 0 unspecified atom stereocenters. The van der Waals surface area contributed by atoms with Crippen LogP contribution in [-0.2, 0) is 0 Å². The molecule has 1 aromatic carbocycles. The van der Waals surface area contributed by atoms with Crippen molar-refractivity contribution in [1.82, 2.24) is 14.8 Å². The molecule has 7 nitrogen and oxygen atoms in total. The van der Waals surface area contributed by atoms with Crippen LogP contribution in [0.2, 0.25) is 0 Å². The Bertz CT molecular complexity index is 825. The molecule has 26 heavy (non-hydrogen) atoms. The Kier molecular flexibility index (Phi) is 4.43. The summed E-state index contributed by atoms with van der Waals surface area (Å²) in [6.07, 6.45) is 2.34. The smallest absolute Gasteiger partial charge is 0.272 e. The van der Waals surface area contributed by atoms with Gasteiger partial charge in [-0.2, -0.15) is 0 Å². The second kappa shape index (κ2) is 7.03. The van der Waals surface area contributed by atoms with Gasteiger partial charge in [0.1, 0.15) is 5.69 Å². The molecule has 0 saturated carbocycles. The number of amides is 2. The van der Waals surface area contributed by atoms with E-state index in [1.54, 1.807) is 52.4 Å². The summed E-state index contributed by atoms with van der Waals surface area (Å²) >= 11 is 0. The maximum absolute atomic E-state index is 12.8. The molecule has 2 aromatic rings. The van der Waals surface area contributed by atoms with Gasteiger partial charge < -0.3 is 19.3 Å². The molecular formula is C19H19N3O4. The zero-order valence-electron chi connectivity index (χ0n) is 14.3. The third-order valence-electron chi connectivity index (χ3n) is 4.57. The summed E-state index contributed by atoms with van der Waals surface area (Å²) in [5.74, 6) is 1.10. The number of aromatic nitrogens is 1. The number of carbonyl (C=O) groups is 2. The lowest BCUT2D eigenvalue weighted by atomic mass is 10.1. The summed E-state index contributed by atoms with van der Waals surface area (Å²) in [5.41, 5.74) is 1.00. The zero-order chi connectivity index (χ0) is 17.9. The van der Waals surface area contributed by atoms with Gasteiger partial charge in [0, 0.05) is 37.9 Å². The first kappa shape index (κ1) is 16.4. The van der Waals surface area contributed by atoms with Crippen LogP contribution in [0, 0.1) is 0 Å². The molecule has 134 valence electrons. The van der Waals surface area contributed by atoms with E-state index in [4.69, 9.17) is 9.47 Å². The zero-order valence-corrected chi connectivity index (χ0v) is 14.3. The molecule has 4 rings (SSSR count). The van der Waals surface area contributed by atoms with Gasteiger partial charge in [-0.3, -0.25) is 14.6 Å². The predicted molar refractivity (Wildman–Crippen MR) is 93.2 cm³/mol. The highest BCUT2D eigenvalue weighted by Gasteiger charge is 2.25. The minimum atomic E-state index is -0.0945. The van der Waals surface area contributed by atoms with Gasteiger partial charge in [-0.1, -0.05) is 6.07 Å². The van der Waals surface area contributed by atoms with Crippen molar-refractivity contribution in [3.63, 3.8) is 0 Å². The molecule has 0 aliphatic carbocycles. The number of rotatable bonds is 2. The largest absolute Gasteiger partial charge is 0.454 e. The maximum Gasteiger partial charge on any atom is 0.272 e. The monoisotopic (exact) mass is 353 g/mol. The molecule has 2 aliphatic rings. The molecule has 0 bridgehead atoms. The van der Waals surface area contributed by atoms with Crippen LogP contribution in [0.1, 0.15) is 27.3 Å². The van der Waals surface area contributed by atoms with E-state index in [1.165, 1.54) is 0 Å². The number of hydrogen-bond donors (Lipinski definition) is 0. The fourth-order valence-corrected chi connectivity index (χ4v) is 3.19. The number of hydrogen-bond acceptors (Lipinski definition) is 5. The van der Waals surface area contributed by atoms with Crippen LogP contribution >= 0.6 is 0 Å². The van der Waals surface area contributed by atoms with Crippen LogP contribution in [0.5, 0.6) is 11.5 Å². The van der Waals surface area contributed by atoms with Gasteiger partial charge in [0.15, 0.2) is 11.5 Å². The standard InChI is InChI=1S/C19H19N3O4/c23-18(14-5-6-16-17(12-14)26-13-25-16)21-8-3-9-22(11-10-21)19(24)15-4-1-2-7-20-15/h1-2,4-7,12H,3,8-11,13H2. The molecule has 3 heterocycles. The van der Waals surface area contributed by atoms with Crippen molar-refractivity contribution in [2.45, 2.75) is 6.42 Å². The summed E-state index contributed by atoms with van der Waals surface area (Å²) in [7, 11) is 0. The highest BCUT2D eigenvalue weighted by Crippen LogP contribution is 2.32. The molecule has 1 fully saturated rings. The lowest BCUT2D eigenvalue weighted by Crippen LogP contribution is -2.37. The number of carbonyl (C=O) groups excluding carboxylic acids is 2. The third-order valence-corrected chi connectivity index (χ3v) is 4.57. The fraction of sp³-hybridized carbons (Fsp3) is 0.316. The average molecular weight is 353 g/mol. The lowest BCUT2D eigenvalue weighted by Gasteiger charge is -2.22. The second-order valence-electron chi connectivity index (χ2n) is 6.22. The van der Waals surface area contributed by atoms with Crippen LogP contribution in [0.25, 0.3) is 0 Å². The summed E-state index contributed by atoms with van der Waals surface area (Å²) in [4.78, 5) is 33.0. The van der Waals surface area contributed by atoms with Crippen LogP contribution in [0.3, 0.4) is 0 Å². The molecule has 0 spiro atoms. The molecule has 2 aliphatic heterocycles. The van der Waals surface area contributed by atoms with Crippen LogP contribution in [0.15, 0.2) is 42.6 Å². The Morgan fingerprint density at radius 1 is 0.885 bits per heavy atom. The first-order chi connectivity index (χ1) is 12.7. The summed E-state index contributed by atoms with van der Waals surface area (Å²) in [6.45, 7) is 2.39. The Morgan fingerprint density at radius 3 is 2.42 bits per heavy atom. The van der Waals surface area contributed by atoms with E-state index in [1.807, 2.05) is 0 Å². The molecule has 7 heteroatoms. The highest BCUT2D eigenvalue weighted by atomic mass is 16.7.